The number of aromatic nitrogens is 2. The summed E-state index contributed by atoms with van der Waals surface area (Å²) in [6, 6.07) is 5.91. The molecule has 3 N–H and O–H groups in total. The first kappa shape index (κ1) is 15.7. The van der Waals surface area contributed by atoms with Crippen LogP contribution in [0.3, 0.4) is 0 Å². The zero-order valence-electron chi connectivity index (χ0n) is 13.9. The number of nitriles is 1. The lowest BCUT2D eigenvalue weighted by Gasteiger charge is -2.25. The Bertz CT molecular complexity index is 877. The lowest BCUT2D eigenvalue weighted by atomic mass is 9.82. The van der Waals surface area contributed by atoms with Crippen molar-refractivity contribution in [3.05, 3.63) is 46.0 Å². The Balaban J connectivity index is 2.28. The fraction of sp³-hybridized carbons (Fsp3) is 0.294. The topological polar surface area (TPSA) is 106 Å². The molecule has 24 heavy (non-hydrogen) atoms. The Morgan fingerprint density at radius 2 is 1.92 bits per heavy atom. The average Bonchev–Trinajstić information content (AvgIpc) is 2.94. The van der Waals surface area contributed by atoms with Crippen molar-refractivity contribution < 1.29 is 14.2 Å². The van der Waals surface area contributed by atoms with Crippen LogP contribution in [0, 0.1) is 25.2 Å². The van der Waals surface area contributed by atoms with Crippen LogP contribution in [0.15, 0.2) is 23.6 Å². The highest BCUT2D eigenvalue weighted by Crippen LogP contribution is 2.45. The molecule has 0 saturated heterocycles. The van der Waals surface area contributed by atoms with Crippen LogP contribution in [0.5, 0.6) is 17.4 Å². The van der Waals surface area contributed by atoms with Crippen LogP contribution < -0.4 is 19.9 Å². The fourth-order valence-corrected chi connectivity index (χ4v) is 3.02. The Labute approximate surface area is 139 Å². The summed E-state index contributed by atoms with van der Waals surface area (Å²) in [6.07, 6.45) is 0. The van der Waals surface area contributed by atoms with Gasteiger partial charge in [-0.3, -0.25) is 5.10 Å². The molecule has 1 aliphatic rings. The fourth-order valence-electron chi connectivity index (χ4n) is 3.02. The number of ether oxygens (including phenoxy) is 3. The van der Waals surface area contributed by atoms with E-state index in [0.29, 0.717) is 23.0 Å². The Morgan fingerprint density at radius 1 is 1.25 bits per heavy atom. The molecule has 0 aliphatic carbocycles. The van der Waals surface area contributed by atoms with E-state index in [1.54, 1.807) is 14.2 Å². The number of allylic oxidation sites excluding steroid dienone is 1. The molecule has 2 aromatic rings. The highest BCUT2D eigenvalue weighted by Gasteiger charge is 2.35. The third kappa shape index (κ3) is 2.24. The van der Waals surface area contributed by atoms with Crippen molar-refractivity contribution in [2.45, 2.75) is 19.8 Å². The predicted octanol–water partition coefficient (Wildman–Crippen LogP) is 2.26. The molecule has 2 heterocycles. The number of nitrogens with two attached hydrogens (primary N) is 1. The van der Waals surface area contributed by atoms with E-state index in [-0.39, 0.29) is 11.8 Å². The minimum atomic E-state index is -0.377. The number of aromatic amines is 1. The van der Waals surface area contributed by atoms with Crippen molar-refractivity contribution in [3.8, 4) is 23.4 Å². The molecule has 0 amide bonds. The zero-order chi connectivity index (χ0) is 17.4. The van der Waals surface area contributed by atoms with Crippen molar-refractivity contribution in [3.63, 3.8) is 0 Å². The first-order valence-corrected chi connectivity index (χ1v) is 7.36. The summed E-state index contributed by atoms with van der Waals surface area (Å²) in [7, 11) is 3.16. The average molecular weight is 326 g/mol. The molecular weight excluding hydrogens is 308 g/mol. The minimum absolute atomic E-state index is 0.0654. The first-order chi connectivity index (χ1) is 11.5. The molecule has 1 unspecified atom stereocenters. The summed E-state index contributed by atoms with van der Waals surface area (Å²) in [5.74, 6) is 1.30. The third-order valence-electron chi connectivity index (χ3n) is 4.21. The summed E-state index contributed by atoms with van der Waals surface area (Å²) < 4.78 is 16.2. The predicted molar refractivity (Wildman–Crippen MR) is 86.9 cm³/mol. The molecule has 1 atom stereocenters. The summed E-state index contributed by atoms with van der Waals surface area (Å²) in [5, 5.41) is 16.6. The summed E-state index contributed by atoms with van der Waals surface area (Å²) in [4.78, 5) is 0. The SMILES string of the molecule is COc1cc(C)c(C2C(C#N)=C(N)Oc3n[nH]c(C)c32)cc1OC. The van der Waals surface area contributed by atoms with E-state index >= 15 is 0 Å². The van der Waals surface area contributed by atoms with E-state index in [0.717, 1.165) is 22.4 Å². The normalized spacial score (nSPS) is 16.2. The number of hydrogen-bond donors (Lipinski definition) is 2. The van der Waals surface area contributed by atoms with Crippen LogP contribution in [0.4, 0.5) is 0 Å². The second kappa shape index (κ2) is 5.81. The zero-order valence-corrected chi connectivity index (χ0v) is 13.9. The lowest BCUT2D eigenvalue weighted by Crippen LogP contribution is -2.21. The number of nitrogens with one attached hydrogen (secondary N) is 1. The highest BCUT2D eigenvalue weighted by atomic mass is 16.5. The molecule has 0 bridgehead atoms. The largest absolute Gasteiger partial charge is 0.493 e. The molecule has 0 fully saturated rings. The number of fused-ring (bicyclic) bond motifs is 1. The van der Waals surface area contributed by atoms with E-state index in [1.165, 1.54) is 0 Å². The molecule has 124 valence electrons. The van der Waals surface area contributed by atoms with Gasteiger partial charge in [0.25, 0.3) is 0 Å². The Hall–Kier alpha value is -3.14. The van der Waals surface area contributed by atoms with Crippen molar-refractivity contribution >= 4 is 0 Å². The standard InChI is InChI=1S/C17H18N4O3/c1-8-5-12(22-3)13(23-4)6-10(8)15-11(7-18)16(19)24-17-14(15)9(2)20-21-17/h5-6,15H,19H2,1-4H3,(H,20,21). The van der Waals surface area contributed by atoms with Gasteiger partial charge in [-0.05, 0) is 37.1 Å². The van der Waals surface area contributed by atoms with Crippen molar-refractivity contribution in [1.29, 1.82) is 5.26 Å². The van der Waals surface area contributed by atoms with Gasteiger partial charge in [0.2, 0.25) is 11.8 Å². The Kier molecular flexibility index (Phi) is 3.81. The third-order valence-corrected chi connectivity index (χ3v) is 4.21. The van der Waals surface area contributed by atoms with E-state index < -0.39 is 0 Å². The lowest BCUT2D eigenvalue weighted by molar-refractivity contribution is 0.353. The monoisotopic (exact) mass is 326 g/mol. The number of benzene rings is 1. The van der Waals surface area contributed by atoms with Gasteiger partial charge in [-0.2, -0.15) is 5.26 Å². The summed E-state index contributed by atoms with van der Waals surface area (Å²) in [6.45, 7) is 3.84. The molecule has 1 aromatic carbocycles. The summed E-state index contributed by atoms with van der Waals surface area (Å²) in [5.41, 5.74) is 9.76. The molecule has 1 aromatic heterocycles. The number of methoxy groups -OCH3 is 2. The maximum absolute atomic E-state index is 9.61. The number of nitrogens with zero attached hydrogens (tertiary/aromatic N) is 2. The van der Waals surface area contributed by atoms with Crippen molar-refractivity contribution in [1.82, 2.24) is 10.2 Å². The number of H-pyrrole nitrogens is 1. The number of aryl methyl sites for hydroxylation is 2. The number of rotatable bonds is 3. The molecule has 0 radical (unpaired) electrons. The van der Waals surface area contributed by atoms with Crippen LogP contribution in [-0.4, -0.2) is 24.4 Å². The van der Waals surface area contributed by atoms with Gasteiger partial charge in [0.15, 0.2) is 11.5 Å². The van der Waals surface area contributed by atoms with Crippen molar-refractivity contribution in [2.24, 2.45) is 5.73 Å². The molecule has 0 saturated carbocycles. The van der Waals surface area contributed by atoms with Crippen LogP contribution in [-0.2, 0) is 0 Å². The second-order valence-corrected chi connectivity index (χ2v) is 5.56. The maximum Gasteiger partial charge on any atom is 0.244 e. The van der Waals surface area contributed by atoms with Gasteiger partial charge in [0.1, 0.15) is 11.6 Å². The highest BCUT2D eigenvalue weighted by molar-refractivity contribution is 5.59. The van der Waals surface area contributed by atoms with E-state index in [1.807, 2.05) is 26.0 Å². The van der Waals surface area contributed by atoms with Gasteiger partial charge >= 0.3 is 0 Å². The molecule has 7 heteroatoms. The molecule has 1 aliphatic heterocycles. The smallest absolute Gasteiger partial charge is 0.244 e. The second-order valence-electron chi connectivity index (χ2n) is 5.56. The van der Waals surface area contributed by atoms with Crippen LogP contribution in [0.1, 0.15) is 28.3 Å². The van der Waals surface area contributed by atoms with Gasteiger partial charge in [0.05, 0.1) is 20.1 Å². The summed E-state index contributed by atoms with van der Waals surface area (Å²) >= 11 is 0. The van der Waals surface area contributed by atoms with E-state index in [9.17, 15) is 5.26 Å². The Morgan fingerprint density at radius 3 is 2.54 bits per heavy atom. The van der Waals surface area contributed by atoms with E-state index in [4.69, 9.17) is 19.9 Å². The van der Waals surface area contributed by atoms with Crippen molar-refractivity contribution in [2.75, 3.05) is 14.2 Å². The van der Waals surface area contributed by atoms with Gasteiger partial charge in [-0.25, -0.2) is 0 Å². The molecule has 3 rings (SSSR count). The first-order valence-electron chi connectivity index (χ1n) is 7.36. The molecule has 0 spiro atoms. The maximum atomic E-state index is 9.61. The van der Waals surface area contributed by atoms with Gasteiger partial charge in [0, 0.05) is 11.3 Å². The van der Waals surface area contributed by atoms with E-state index in [2.05, 4.69) is 16.3 Å². The van der Waals surface area contributed by atoms with Crippen LogP contribution in [0.2, 0.25) is 0 Å². The van der Waals surface area contributed by atoms with Crippen LogP contribution >= 0.6 is 0 Å². The molecule has 7 nitrogen and oxygen atoms in total. The minimum Gasteiger partial charge on any atom is -0.493 e. The van der Waals surface area contributed by atoms with Gasteiger partial charge in [-0.15, -0.1) is 5.10 Å². The van der Waals surface area contributed by atoms with Gasteiger partial charge < -0.3 is 19.9 Å². The molecular formula is C17H18N4O3. The number of hydrogen-bond acceptors (Lipinski definition) is 6. The quantitative estimate of drug-likeness (QED) is 0.896. The van der Waals surface area contributed by atoms with Gasteiger partial charge in [-0.1, -0.05) is 0 Å². The van der Waals surface area contributed by atoms with Crippen LogP contribution in [0.25, 0.3) is 0 Å².